The third-order valence-corrected chi connectivity index (χ3v) is 5.16. The van der Waals surface area contributed by atoms with Crippen LogP contribution in [-0.4, -0.2) is 11.4 Å². The van der Waals surface area contributed by atoms with Crippen LogP contribution in [0.3, 0.4) is 0 Å². The first-order valence-corrected chi connectivity index (χ1v) is 8.71. The van der Waals surface area contributed by atoms with Gasteiger partial charge in [0, 0.05) is 11.1 Å². The summed E-state index contributed by atoms with van der Waals surface area (Å²) in [6.07, 6.45) is 6.71. The number of ether oxygens (including phenoxy) is 1. The van der Waals surface area contributed by atoms with Crippen LogP contribution in [0.5, 0.6) is 5.75 Å². The Morgan fingerprint density at radius 2 is 1.84 bits per heavy atom. The second-order valence-corrected chi connectivity index (χ2v) is 7.55. The molecule has 0 fully saturated rings. The van der Waals surface area contributed by atoms with Crippen LogP contribution in [0.25, 0.3) is 11.6 Å². The van der Waals surface area contributed by atoms with Crippen molar-refractivity contribution >= 4 is 17.4 Å². The molecule has 1 aliphatic carbocycles. The number of ketones is 1. The molecule has 1 heterocycles. The number of hydrogen-bond acceptors (Lipinski definition) is 2. The highest BCUT2D eigenvalue weighted by atomic mass is 16.5. The summed E-state index contributed by atoms with van der Waals surface area (Å²) in [5.74, 6) is 0.941. The zero-order valence-corrected chi connectivity index (χ0v) is 15.1. The van der Waals surface area contributed by atoms with Crippen molar-refractivity contribution in [2.75, 3.05) is 0 Å². The molecule has 2 aromatic carbocycles. The molecule has 0 amide bonds. The van der Waals surface area contributed by atoms with E-state index in [1.165, 1.54) is 11.1 Å². The minimum absolute atomic E-state index is 0.0792. The van der Waals surface area contributed by atoms with Gasteiger partial charge in [0.15, 0.2) is 5.78 Å². The van der Waals surface area contributed by atoms with E-state index in [0.717, 1.165) is 40.0 Å². The molecule has 0 spiro atoms. The number of fused-ring (bicyclic) bond motifs is 3. The number of aryl methyl sites for hydroxylation is 2. The van der Waals surface area contributed by atoms with E-state index in [-0.39, 0.29) is 11.4 Å². The van der Waals surface area contributed by atoms with Crippen LogP contribution in [0.4, 0.5) is 0 Å². The molecule has 0 radical (unpaired) electrons. The highest BCUT2D eigenvalue weighted by Gasteiger charge is 2.28. The van der Waals surface area contributed by atoms with Crippen LogP contribution in [0.15, 0.2) is 42.5 Å². The average molecular weight is 330 g/mol. The van der Waals surface area contributed by atoms with Crippen LogP contribution in [0.2, 0.25) is 0 Å². The minimum atomic E-state index is -0.313. The number of carbonyl (C=O) groups excluding carboxylic acids is 1. The van der Waals surface area contributed by atoms with Crippen LogP contribution < -0.4 is 4.74 Å². The third-order valence-electron chi connectivity index (χ3n) is 5.16. The lowest BCUT2D eigenvalue weighted by atomic mass is 9.83. The van der Waals surface area contributed by atoms with Gasteiger partial charge in [-0.2, -0.15) is 0 Å². The molecule has 1 aliphatic heterocycles. The van der Waals surface area contributed by atoms with Crippen molar-refractivity contribution in [3.05, 3.63) is 75.9 Å². The van der Waals surface area contributed by atoms with E-state index in [1.807, 2.05) is 26.0 Å². The minimum Gasteiger partial charge on any atom is -0.483 e. The molecule has 2 nitrogen and oxygen atoms in total. The fourth-order valence-electron chi connectivity index (χ4n) is 3.54. The summed E-state index contributed by atoms with van der Waals surface area (Å²) in [4.78, 5) is 12.7. The normalized spacial score (nSPS) is 17.4. The Labute approximate surface area is 148 Å². The molecule has 0 saturated heterocycles. The Bertz CT molecular complexity index is 958. The summed E-state index contributed by atoms with van der Waals surface area (Å²) < 4.78 is 6.08. The summed E-state index contributed by atoms with van der Waals surface area (Å²) in [6.45, 7) is 8.29. The van der Waals surface area contributed by atoms with E-state index < -0.39 is 0 Å². The van der Waals surface area contributed by atoms with E-state index in [4.69, 9.17) is 4.74 Å². The highest BCUT2D eigenvalue weighted by Crippen LogP contribution is 2.39. The van der Waals surface area contributed by atoms with Gasteiger partial charge in [-0.05, 0) is 86.2 Å². The van der Waals surface area contributed by atoms with E-state index in [2.05, 4.69) is 44.2 Å². The zero-order valence-electron chi connectivity index (χ0n) is 15.1. The van der Waals surface area contributed by atoms with Crippen molar-refractivity contribution in [1.82, 2.24) is 0 Å². The van der Waals surface area contributed by atoms with E-state index >= 15 is 0 Å². The van der Waals surface area contributed by atoms with Crippen molar-refractivity contribution < 1.29 is 9.53 Å². The SMILES string of the molecule is Cc1ccc(C2=CC(=O)c3ccc4c(c3C2)C=CC(C)(C)O4)cc1C. The molecule has 2 aromatic rings. The van der Waals surface area contributed by atoms with E-state index in [1.54, 1.807) is 6.08 Å². The van der Waals surface area contributed by atoms with Gasteiger partial charge < -0.3 is 4.74 Å². The number of benzene rings is 2. The summed E-state index contributed by atoms with van der Waals surface area (Å²) in [5, 5.41) is 0. The zero-order chi connectivity index (χ0) is 17.8. The summed E-state index contributed by atoms with van der Waals surface area (Å²) >= 11 is 0. The van der Waals surface area contributed by atoms with Gasteiger partial charge in [0.2, 0.25) is 0 Å². The number of hydrogen-bond donors (Lipinski definition) is 0. The molecule has 4 rings (SSSR count). The Hall–Kier alpha value is -2.61. The van der Waals surface area contributed by atoms with Gasteiger partial charge in [0.1, 0.15) is 11.4 Å². The lowest BCUT2D eigenvalue weighted by molar-refractivity contribution is 0.104. The van der Waals surface area contributed by atoms with Crippen molar-refractivity contribution in [2.45, 2.75) is 39.7 Å². The van der Waals surface area contributed by atoms with E-state index in [0.29, 0.717) is 0 Å². The second kappa shape index (κ2) is 5.45. The Morgan fingerprint density at radius 3 is 2.60 bits per heavy atom. The molecule has 2 aliphatic rings. The standard InChI is InChI=1S/C23H22O2/c1-14-5-6-16(11-15(14)2)17-12-20-18(21(24)13-17)7-8-22-19(20)9-10-23(3,4)25-22/h5-11,13H,12H2,1-4H3. The molecular weight excluding hydrogens is 308 g/mol. The van der Waals surface area contributed by atoms with E-state index in [9.17, 15) is 4.79 Å². The quantitative estimate of drug-likeness (QED) is 0.708. The van der Waals surface area contributed by atoms with Crippen LogP contribution in [0.1, 0.15) is 52.0 Å². The topological polar surface area (TPSA) is 26.3 Å². The summed E-state index contributed by atoms with van der Waals surface area (Å²) in [6, 6.07) is 10.2. The molecule has 0 bridgehead atoms. The Morgan fingerprint density at radius 1 is 1.04 bits per heavy atom. The molecule has 0 saturated carbocycles. The highest BCUT2D eigenvalue weighted by molar-refractivity contribution is 6.12. The van der Waals surface area contributed by atoms with Gasteiger partial charge in [-0.1, -0.05) is 24.3 Å². The van der Waals surface area contributed by atoms with Gasteiger partial charge >= 0.3 is 0 Å². The molecule has 0 atom stereocenters. The average Bonchev–Trinajstić information content (AvgIpc) is 2.55. The van der Waals surface area contributed by atoms with Crippen molar-refractivity contribution in [2.24, 2.45) is 0 Å². The molecule has 25 heavy (non-hydrogen) atoms. The van der Waals surface area contributed by atoms with Crippen LogP contribution >= 0.6 is 0 Å². The van der Waals surface area contributed by atoms with Gasteiger partial charge in [-0.15, -0.1) is 0 Å². The lowest BCUT2D eigenvalue weighted by Gasteiger charge is -2.30. The Kier molecular flexibility index (Phi) is 3.47. The summed E-state index contributed by atoms with van der Waals surface area (Å²) in [5.41, 5.74) is 7.31. The van der Waals surface area contributed by atoms with Gasteiger partial charge in [0.25, 0.3) is 0 Å². The molecular formula is C23H22O2. The van der Waals surface area contributed by atoms with Gasteiger partial charge in [0.05, 0.1) is 0 Å². The maximum Gasteiger partial charge on any atom is 0.186 e. The second-order valence-electron chi connectivity index (χ2n) is 7.55. The van der Waals surface area contributed by atoms with Gasteiger partial charge in [-0.25, -0.2) is 0 Å². The van der Waals surface area contributed by atoms with Crippen molar-refractivity contribution in [3.63, 3.8) is 0 Å². The third kappa shape index (κ3) is 2.72. The summed E-state index contributed by atoms with van der Waals surface area (Å²) in [7, 11) is 0. The number of allylic oxidation sites excluding steroid dienone is 2. The monoisotopic (exact) mass is 330 g/mol. The number of carbonyl (C=O) groups is 1. The van der Waals surface area contributed by atoms with Crippen molar-refractivity contribution in [3.8, 4) is 5.75 Å². The maximum atomic E-state index is 12.7. The smallest absolute Gasteiger partial charge is 0.186 e. The molecule has 0 N–H and O–H groups in total. The molecule has 0 unspecified atom stereocenters. The first kappa shape index (κ1) is 15.9. The Balaban J connectivity index is 1.80. The first-order valence-electron chi connectivity index (χ1n) is 8.71. The number of rotatable bonds is 1. The molecule has 126 valence electrons. The lowest BCUT2D eigenvalue weighted by Crippen LogP contribution is -2.28. The maximum absolute atomic E-state index is 12.7. The predicted molar refractivity (Wildman–Crippen MR) is 102 cm³/mol. The van der Waals surface area contributed by atoms with Crippen LogP contribution in [-0.2, 0) is 6.42 Å². The van der Waals surface area contributed by atoms with Crippen LogP contribution in [0, 0.1) is 13.8 Å². The first-order chi connectivity index (χ1) is 11.8. The van der Waals surface area contributed by atoms with Gasteiger partial charge in [-0.3, -0.25) is 4.79 Å². The molecule has 0 aromatic heterocycles. The largest absolute Gasteiger partial charge is 0.483 e. The van der Waals surface area contributed by atoms with Crippen molar-refractivity contribution in [1.29, 1.82) is 0 Å². The predicted octanol–water partition coefficient (Wildman–Crippen LogP) is 5.31. The molecule has 2 heteroatoms. The fourth-order valence-corrected chi connectivity index (χ4v) is 3.54. The fraction of sp³-hybridized carbons (Fsp3) is 0.261.